The number of benzene rings is 1. The van der Waals surface area contributed by atoms with Crippen LogP contribution in [0, 0.1) is 17.8 Å². The molecule has 1 aromatic rings. The van der Waals surface area contributed by atoms with Gasteiger partial charge in [0.05, 0.1) is 15.7 Å². The van der Waals surface area contributed by atoms with E-state index >= 15 is 0 Å². The van der Waals surface area contributed by atoms with E-state index in [1.807, 2.05) is 0 Å². The smallest absolute Gasteiger partial charge is 0.251 e. The van der Waals surface area contributed by atoms with Crippen molar-refractivity contribution < 1.29 is 4.79 Å². The Morgan fingerprint density at radius 1 is 1.30 bits per heavy atom. The lowest BCUT2D eigenvalue weighted by molar-refractivity contribution is 0.0942. The number of amides is 1. The van der Waals surface area contributed by atoms with Gasteiger partial charge in [-0.3, -0.25) is 4.79 Å². The molecular weight excluding hydrogens is 295 g/mol. The van der Waals surface area contributed by atoms with Gasteiger partial charge >= 0.3 is 0 Å². The summed E-state index contributed by atoms with van der Waals surface area (Å²) < 4.78 is 0. The SMILES string of the molecule is Nc1cc(C(=O)NCC2CC3CCC2C3)cc(Cl)c1Cl. The zero-order valence-electron chi connectivity index (χ0n) is 11.2. The number of carbonyl (C=O) groups excluding carboxylic acids is 1. The lowest BCUT2D eigenvalue weighted by Gasteiger charge is -2.21. The Hall–Kier alpha value is -0.930. The van der Waals surface area contributed by atoms with Crippen LogP contribution in [-0.4, -0.2) is 12.5 Å². The fraction of sp³-hybridized carbons (Fsp3) is 0.533. The molecule has 1 amide bonds. The third-order valence-corrected chi connectivity index (χ3v) is 5.54. The lowest BCUT2D eigenvalue weighted by Crippen LogP contribution is -2.31. The molecule has 0 heterocycles. The van der Waals surface area contributed by atoms with E-state index in [1.165, 1.54) is 25.7 Å². The van der Waals surface area contributed by atoms with E-state index in [0.29, 0.717) is 27.2 Å². The van der Waals surface area contributed by atoms with Crippen molar-refractivity contribution in [1.29, 1.82) is 0 Å². The van der Waals surface area contributed by atoms with Gasteiger partial charge in [-0.25, -0.2) is 0 Å². The average molecular weight is 313 g/mol. The predicted octanol–water partition coefficient (Wildman–Crippen LogP) is 3.74. The van der Waals surface area contributed by atoms with Crippen molar-refractivity contribution in [1.82, 2.24) is 5.32 Å². The van der Waals surface area contributed by atoms with Gasteiger partial charge in [-0.05, 0) is 49.1 Å². The van der Waals surface area contributed by atoms with Crippen molar-refractivity contribution in [3.05, 3.63) is 27.7 Å². The Morgan fingerprint density at radius 2 is 2.10 bits per heavy atom. The predicted molar refractivity (Wildman–Crippen MR) is 82.1 cm³/mol. The minimum Gasteiger partial charge on any atom is -0.397 e. The van der Waals surface area contributed by atoms with Crippen LogP contribution in [-0.2, 0) is 0 Å². The van der Waals surface area contributed by atoms with Crippen LogP contribution in [0.1, 0.15) is 36.0 Å². The van der Waals surface area contributed by atoms with Crippen LogP contribution in [0.5, 0.6) is 0 Å². The first-order chi connectivity index (χ1) is 9.54. The van der Waals surface area contributed by atoms with Crippen LogP contribution in [0.4, 0.5) is 5.69 Å². The number of nitrogens with two attached hydrogens (primary N) is 1. The van der Waals surface area contributed by atoms with Crippen LogP contribution in [0.2, 0.25) is 10.0 Å². The molecule has 3 atom stereocenters. The van der Waals surface area contributed by atoms with E-state index in [2.05, 4.69) is 5.32 Å². The van der Waals surface area contributed by atoms with Crippen molar-refractivity contribution in [2.24, 2.45) is 17.8 Å². The number of nitrogens with one attached hydrogen (secondary N) is 1. The van der Waals surface area contributed by atoms with Gasteiger partial charge in [0, 0.05) is 12.1 Å². The van der Waals surface area contributed by atoms with Gasteiger partial charge in [0.15, 0.2) is 0 Å². The zero-order valence-corrected chi connectivity index (χ0v) is 12.7. The quantitative estimate of drug-likeness (QED) is 0.835. The molecule has 0 aliphatic heterocycles. The van der Waals surface area contributed by atoms with Crippen LogP contribution in [0.3, 0.4) is 0 Å². The van der Waals surface area contributed by atoms with Crippen molar-refractivity contribution >= 4 is 34.8 Å². The van der Waals surface area contributed by atoms with Gasteiger partial charge in [0.2, 0.25) is 0 Å². The Balaban J connectivity index is 1.62. The van der Waals surface area contributed by atoms with Gasteiger partial charge in [-0.15, -0.1) is 0 Å². The van der Waals surface area contributed by atoms with Gasteiger partial charge in [-0.2, -0.15) is 0 Å². The van der Waals surface area contributed by atoms with Crippen LogP contribution in [0.15, 0.2) is 12.1 Å². The Bertz CT molecular complexity index is 524. The fourth-order valence-electron chi connectivity index (χ4n) is 3.69. The highest BCUT2D eigenvalue weighted by molar-refractivity contribution is 6.43. The maximum absolute atomic E-state index is 12.2. The summed E-state index contributed by atoms with van der Waals surface area (Å²) in [6.07, 6.45) is 5.30. The molecule has 0 radical (unpaired) electrons. The molecule has 5 heteroatoms. The first-order valence-electron chi connectivity index (χ1n) is 7.07. The van der Waals surface area contributed by atoms with E-state index in [9.17, 15) is 4.79 Å². The molecular formula is C15H18Cl2N2O. The van der Waals surface area contributed by atoms with Gasteiger partial charge < -0.3 is 11.1 Å². The summed E-state index contributed by atoms with van der Waals surface area (Å²) in [5.74, 6) is 2.21. The number of anilines is 1. The Kier molecular flexibility index (Phi) is 3.83. The maximum Gasteiger partial charge on any atom is 0.251 e. The first kappa shape index (κ1) is 14.0. The number of rotatable bonds is 3. The maximum atomic E-state index is 12.2. The van der Waals surface area contributed by atoms with Crippen molar-refractivity contribution in [2.75, 3.05) is 12.3 Å². The molecule has 0 saturated heterocycles. The molecule has 1 aromatic carbocycles. The highest BCUT2D eigenvalue weighted by atomic mass is 35.5. The second-order valence-electron chi connectivity index (χ2n) is 6.01. The highest BCUT2D eigenvalue weighted by Crippen LogP contribution is 2.47. The van der Waals surface area contributed by atoms with Crippen LogP contribution < -0.4 is 11.1 Å². The third kappa shape index (κ3) is 2.61. The molecule has 3 rings (SSSR count). The minimum absolute atomic E-state index is 0.127. The fourth-order valence-corrected chi connectivity index (χ4v) is 4.03. The molecule has 2 aliphatic rings. The lowest BCUT2D eigenvalue weighted by atomic mass is 9.89. The van der Waals surface area contributed by atoms with E-state index in [1.54, 1.807) is 12.1 Å². The molecule has 2 saturated carbocycles. The number of halogens is 2. The molecule has 2 fully saturated rings. The second kappa shape index (κ2) is 5.45. The normalized spacial score (nSPS) is 27.8. The Morgan fingerprint density at radius 3 is 2.70 bits per heavy atom. The molecule has 3 unspecified atom stereocenters. The molecule has 3 N–H and O–H groups in total. The molecule has 2 aliphatic carbocycles. The number of carbonyl (C=O) groups is 1. The average Bonchev–Trinajstić information content (AvgIpc) is 3.04. The summed E-state index contributed by atoms with van der Waals surface area (Å²) in [6, 6.07) is 3.14. The Labute approximate surface area is 128 Å². The van der Waals surface area contributed by atoms with E-state index in [-0.39, 0.29) is 5.91 Å². The third-order valence-electron chi connectivity index (χ3n) is 4.73. The summed E-state index contributed by atoms with van der Waals surface area (Å²) in [7, 11) is 0. The highest BCUT2D eigenvalue weighted by Gasteiger charge is 2.39. The number of hydrogen-bond acceptors (Lipinski definition) is 2. The topological polar surface area (TPSA) is 55.1 Å². The molecule has 0 aromatic heterocycles. The first-order valence-corrected chi connectivity index (χ1v) is 7.83. The van der Waals surface area contributed by atoms with E-state index in [0.717, 1.165) is 18.4 Å². The summed E-state index contributed by atoms with van der Waals surface area (Å²) in [5.41, 5.74) is 6.54. The molecule has 2 bridgehead atoms. The largest absolute Gasteiger partial charge is 0.397 e. The zero-order chi connectivity index (χ0) is 14.3. The van der Waals surface area contributed by atoms with E-state index < -0.39 is 0 Å². The van der Waals surface area contributed by atoms with Crippen molar-refractivity contribution in [2.45, 2.75) is 25.7 Å². The molecule has 0 spiro atoms. The van der Waals surface area contributed by atoms with Crippen molar-refractivity contribution in [3.63, 3.8) is 0 Å². The minimum atomic E-state index is -0.127. The number of fused-ring (bicyclic) bond motifs is 2. The van der Waals surface area contributed by atoms with Gasteiger partial charge in [0.25, 0.3) is 5.91 Å². The summed E-state index contributed by atoms with van der Waals surface area (Å²) >= 11 is 11.8. The summed E-state index contributed by atoms with van der Waals surface area (Å²) in [5, 5.41) is 3.62. The number of hydrogen-bond donors (Lipinski definition) is 2. The summed E-state index contributed by atoms with van der Waals surface area (Å²) in [6.45, 7) is 0.750. The second-order valence-corrected chi connectivity index (χ2v) is 6.79. The molecule has 20 heavy (non-hydrogen) atoms. The molecule has 108 valence electrons. The molecule has 3 nitrogen and oxygen atoms in total. The number of nitrogen functional groups attached to an aromatic ring is 1. The van der Waals surface area contributed by atoms with Gasteiger partial charge in [-0.1, -0.05) is 29.6 Å². The van der Waals surface area contributed by atoms with E-state index in [4.69, 9.17) is 28.9 Å². The standard InChI is InChI=1S/C15H18Cl2N2O/c16-12-5-10(6-13(18)14(12)17)15(20)19-7-11-4-8-1-2-9(11)3-8/h5-6,8-9,11H,1-4,7,18H2,(H,19,20). The van der Waals surface area contributed by atoms with Crippen LogP contribution in [0.25, 0.3) is 0 Å². The van der Waals surface area contributed by atoms with Gasteiger partial charge in [0.1, 0.15) is 0 Å². The van der Waals surface area contributed by atoms with Crippen molar-refractivity contribution in [3.8, 4) is 0 Å². The van der Waals surface area contributed by atoms with Crippen LogP contribution >= 0.6 is 23.2 Å². The summed E-state index contributed by atoms with van der Waals surface area (Å²) in [4.78, 5) is 12.2. The monoisotopic (exact) mass is 312 g/mol.